The highest BCUT2D eigenvalue weighted by Crippen LogP contribution is 2.59. The van der Waals surface area contributed by atoms with Crippen LogP contribution < -0.4 is 4.74 Å². The summed E-state index contributed by atoms with van der Waals surface area (Å²) < 4.78 is 70.9. The number of hydrogen-bond acceptors (Lipinski definition) is 7. The second-order valence-corrected chi connectivity index (χ2v) is 17.7. The van der Waals surface area contributed by atoms with Crippen molar-refractivity contribution in [2.24, 2.45) is 5.41 Å². The van der Waals surface area contributed by atoms with Crippen LogP contribution in [0.4, 0.5) is 13.2 Å². The van der Waals surface area contributed by atoms with Crippen LogP contribution in [0.25, 0.3) is 10.1 Å². The van der Waals surface area contributed by atoms with Crippen LogP contribution in [0.1, 0.15) is 90.2 Å². The van der Waals surface area contributed by atoms with Gasteiger partial charge in [-0.3, -0.25) is 4.79 Å². The number of carbonyl (C=O) groups excluding carboxylic acids is 1. The Hall–Kier alpha value is -3.55. The summed E-state index contributed by atoms with van der Waals surface area (Å²) in [5.41, 5.74) is 1.27. The highest BCUT2D eigenvalue weighted by Gasteiger charge is 2.58. The highest BCUT2D eigenvalue weighted by molar-refractivity contribution is 7.88. The Balaban J connectivity index is 1.39. The number of ketones is 1. The molecule has 278 valence electrons. The fraction of sp³-hybridized carbons (Fsp3) is 0.425. The molecule has 1 aromatic heterocycles. The Bertz CT molecular complexity index is 2040. The van der Waals surface area contributed by atoms with E-state index in [0.717, 1.165) is 45.2 Å². The maximum atomic E-state index is 14.5. The van der Waals surface area contributed by atoms with Crippen molar-refractivity contribution in [3.63, 3.8) is 0 Å². The number of benzene rings is 3. The van der Waals surface area contributed by atoms with E-state index in [9.17, 15) is 36.6 Å². The molecular formula is C40H44F3NO6S2. The first kappa shape index (κ1) is 38.2. The van der Waals surface area contributed by atoms with Gasteiger partial charge in [-0.25, -0.2) is 8.42 Å². The normalized spacial score (nSPS) is 24.4. The molecule has 4 atom stereocenters. The van der Waals surface area contributed by atoms with E-state index in [2.05, 4.69) is 10.8 Å². The minimum atomic E-state index is -4.86. The van der Waals surface area contributed by atoms with Crippen molar-refractivity contribution in [2.75, 3.05) is 12.8 Å². The number of sulfonamides is 1. The molecule has 1 fully saturated rings. The molecule has 0 aliphatic heterocycles. The molecule has 3 aliphatic rings. The number of rotatable bonds is 8. The second kappa shape index (κ2) is 14.7. The molecular weight excluding hydrogens is 712 g/mol. The molecule has 2 bridgehead atoms. The van der Waals surface area contributed by atoms with E-state index in [0.29, 0.717) is 54.5 Å². The van der Waals surface area contributed by atoms with E-state index in [-0.39, 0.29) is 31.2 Å². The summed E-state index contributed by atoms with van der Waals surface area (Å²) in [6, 6.07) is 20.5. The number of ether oxygens (including phenoxy) is 1. The average molecular weight is 756 g/mol. The van der Waals surface area contributed by atoms with Crippen LogP contribution in [-0.4, -0.2) is 59.6 Å². The van der Waals surface area contributed by atoms with Gasteiger partial charge in [0.05, 0.1) is 22.8 Å². The minimum Gasteiger partial charge on any atom is -0.406 e. The number of halogens is 3. The molecule has 2 N–H and O–H groups in total. The molecule has 52 heavy (non-hydrogen) atoms. The molecule has 1 saturated carbocycles. The summed E-state index contributed by atoms with van der Waals surface area (Å²) in [6.07, 6.45) is 1.20. The molecule has 4 aromatic rings. The van der Waals surface area contributed by atoms with Gasteiger partial charge in [0, 0.05) is 28.8 Å². The third-order valence-electron chi connectivity index (χ3n) is 11.0. The van der Waals surface area contributed by atoms with Gasteiger partial charge >= 0.3 is 6.36 Å². The number of fused-ring (bicyclic) bond motifs is 9. The van der Waals surface area contributed by atoms with Crippen molar-refractivity contribution >= 4 is 37.2 Å². The lowest BCUT2D eigenvalue weighted by molar-refractivity contribution is -0.274. The Morgan fingerprint density at radius 1 is 1.04 bits per heavy atom. The van der Waals surface area contributed by atoms with Crippen LogP contribution in [0.15, 0.2) is 84.4 Å². The standard InChI is InChI=1S/C40H44F3NO6S2/c1-26-7-6-19-38(2)34(18-20-39(38,47)25-44(52(3,48)49)24-27-11-15-31(16-12-27)50-40(41,42)43)32-17-13-28(21-30(45)14-10-26)22-33(32)37(46)36-23-29-8-4-5-9-35(29)51-36/h4-5,7-9,11-13,15-17,22-23,30,34,45,47H,6,10,14,18-21,24-25H2,1-3H3/t30-,34-,38-,39+/m0/s1. The zero-order valence-corrected chi connectivity index (χ0v) is 31.1. The predicted molar refractivity (Wildman–Crippen MR) is 197 cm³/mol. The van der Waals surface area contributed by atoms with Crippen LogP contribution in [0, 0.1) is 5.41 Å². The SMILES string of the molecule is CC1=CCC[C@@]2(C)[C@@H](CC[C@@]2(O)CN(Cc2ccc(OC(F)(F)F)cc2)S(C)(=O)=O)c2ccc(cc2C(=O)c2cc3ccccc3s2)C[C@@H](O)CC1. The van der Waals surface area contributed by atoms with Gasteiger partial charge in [-0.2, -0.15) is 4.31 Å². The first-order valence-corrected chi connectivity index (χ1v) is 20.1. The minimum absolute atomic E-state index is 0.135. The fourth-order valence-electron chi connectivity index (χ4n) is 8.01. The lowest BCUT2D eigenvalue weighted by Crippen LogP contribution is -2.53. The molecule has 1 heterocycles. The molecule has 7 rings (SSSR count). The zero-order valence-electron chi connectivity index (χ0n) is 29.4. The Labute approximate surface area is 306 Å². The van der Waals surface area contributed by atoms with Gasteiger partial charge in [-0.15, -0.1) is 24.5 Å². The van der Waals surface area contributed by atoms with E-state index < -0.39 is 39.3 Å². The quantitative estimate of drug-likeness (QED) is 0.138. The van der Waals surface area contributed by atoms with Crippen LogP contribution in [0.3, 0.4) is 0 Å². The van der Waals surface area contributed by atoms with E-state index in [1.165, 1.54) is 27.8 Å². The topological polar surface area (TPSA) is 104 Å². The summed E-state index contributed by atoms with van der Waals surface area (Å²) in [6.45, 7) is 3.59. The van der Waals surface area contributed by atoms with Gasteiger partial charge in [0.2, 0.25) is 15.8 Å². The van der Waals surface area contributed by atoms with Crippen molar-refractivity contribution < 1.29 is 41.3 Å². The van der Waals surface area contributed by atoms with E-state index in [4.69, 9.17) is 0 Å². The molecule has 0 saturated heterocycles. The van der Waals surface area contributed by atoms with E-state index in [1.807, 2.05) is 62.4 Å². The summed E-state index contributed by atoms with van der Waals surface area (Å²) in [5.74, 6) is -0.873. The van der Waals surface area contributed by atoms with Crippen LogP contribution >= 0.6 is 11.3 Å². The molecule has 0 unspecified atom stereocenters. The number of allylic oxidation sites excluding steroid dienone is 2. The maximum Gasteiger partial charge on any atom is 0.573 e. The number of aliphatic hydroxyl groups is 2. The highest BCUT2D eigenvalue weighted by atomic mass is 32.2. The summed E-state index contributed by atoms with van der Waals surface area (Å²) in [7, 11) is -3.90. The van der Waals surface area contributed by atoms with Crippen LogP contribution in [0.2, 0.25) is 0 Å². The lowest BCUT2D eigenvalue weighted by atomic mass is 9.65. The van der Waals surface area contributed by atoms with Crippen molar-refractivity contribution in [3.8, 4) is 5.75 Å². The smallest absolute Gasteiger partial charge is 0.406 e. The van der Waals surface area contributed by atoms with Crippen molar-refractivity contribution in [3.05, 3.63) is 112 Å². The maximum absolute atomic E-state index is 14.5. The van der Waals surface area contributed by atoms with Crippen molar-refractivity contribution in [1.29, 1.82) is 0 Å². The van der Waals surface area contributed by atoms with E-state index >= 15 is 0 Å². The van der Waals surface area contributed by atoms with Gasteiger partial charge in [-0.05, 0) is 110 Å². The lowest BCUT2D eigenvalue weighted by Gasteiger charge is -2.45. The van der Waals surface area contributed by atoms with Crippen molar-refractivity contribution in [1.82, 2.24) is 4.31 Å². The molecule has 3 aliphatic carbocycles. The van der Waals surface area contributed by atoms with Crippen molar-refractivity contribution in [2.45, 2.75) is 89.3 Å². The average Bonchev–Trinajstić information content (AvgIpc) is 3.61. The van der Waals surface area contributed by atoms with Crippen LogP contribution in [-0.2, 0) is 23.0 Å². The number of hydrogen-bond donors (Lipinski definition) is 2. The number of nitrogens with zero attached hydrogens (tertiary/aromatic N) is 1. The third-order valence-corrected chi connectivity index (χ3v) is 13.3. The summed E-state index contributed by atoms with van der Waals surface area (Å²) in [5, 5.41) is 24.6. The molecule has 0 amide bonds. The first-order valence-electron chi connectivity index (χ1n) is 17.5. The Kier molecular flexibility index (Phi) is 10.8. The van der Waals surface area contributed by atoms with Gasteiger partial charge in [0.1, 0.15) is 5.75 Å². The molecule has 3 aromatic carbocycles. The van der Waals surface area contributed by atoms with Gasteiger partial charge in [0.15, 0.2) is 0 Å². The van der Waals surface area contributed by atoms with Crippen LogP contribution in [0.5, 0.6) is 5.75 Å². The first-order chi connectivity index (χ1) is 24.4. The second-order valence-electron chi connectivity index (χ2n) is 14.6. The largest absolute Gasteiger partial charge is 0.573 e. The molecule has 0 spiro atoms. The fourth-order valence-corrected chi connectivity index (χ4v) is 9.85. The number of carbonyl (C=O) groups is 1. The number of aliphatic hydroxyl groups excluding tert-OH is 1. The number of thiophene rings is 1. The molecule has 7 nitrogen and oxygen atoms in total. The molecule has 12 heteroatoms. The Morgan fingerprint density at radius 3 is 2.46 bits per heavy atom. The van der Waals surface area contributed by atoms with Gasteiger partial charge < -0.3 is 14.9 Å². The predicted octanol–water partition coefficient (Wildman–Crippen LogP) is 8.53. The summed E-state index contributed by atoms with van der Waals surface area (Å²) >= 11 is 1.42. The summed E-state index contributed by atoms with van der Waals surface area (Å²) in [4.78, 5) is 15.1. The third kappa shape index (κ3) is 8.31. The monoisotopic (exact) mass is 755 g/mol. The molecule has 0 radical (unpaired) electrons. The van der Waals surface area contributed by atoms with Gasteiger partial charge in [-0.1, -0.05) is 61.0 Å². The zero-order chi connectivity index (χ0) is 37.5. The van der Waals surface area contributed by atoms with Gasteiger partial charge in [0.25, 0.3) is 0 Å². The Morgan fingerprint density at radius 2 is 1.77 bits per heavy atom. The number of alkyl halides is 3. The van der Waals surface area contributed by atoms with E-state index in [1.54, 1.807) is 0 Å².